The maximum atomic E-state index is 12.6. The first kappa shape index (κ1) is 17.3. The van der Waals surface area contributed by atoms with E-state index in [0.717, 1.165) is 19.4 Å². The van der Waals surface area contributed by atoms with Crippen LogP contribution in [-0.2, 0) is 4.79 Å². The van der Waals surface area contributed by atoms with E-state index in [4.69, 9.17) is 11.6 Å². The van der Waals surface area contributed by atoms with E-state index in [0.29, 0.717) is 35.5 Å². The Kier molecular flexibility index (Phi) is 5.77. The Bertz CT molecular complexity index is 603. The summed E-state index contributed by atoms with van der Waals surface area (Å²) in [7, 11) is 0. The summed E-state index contributed by atoms with van der Waals surface area (Å²) in [4.78, 5) is 26.8. The molecule has 130 valence electrons. The van der Waals surface area contributed by atoms with Crippen LogP contribution >= 0.6 is 11.6 Å². The first-order valence-electron chi connectivity index (χ1n) is 8.99. The van der Waals surface area contributed by atoms with Crippen molar-refractivity contribution in [3.05, 3.63) is 34.9 Å². The number of likely N-dealkylation sites (tertiary alicyclic amines) is 1. The molecule has 0 bridgehead atoms. The topological polar surface area (TPSA) is 49.4 Å². The summed E-state index contributed by atoms with van der Waals surface area (Å²) < 4.78 is 0. The van der Waals surface area contributed by atoms with Crippen molar-refractivity contribution >= 4 is 23.4 Å². The Morgan fingerprint density at radius 1 is 1.12 bits per heavy atom. The molecule has 2 fully saturated rings. The van der Waals surface area contributed by atoms with Gasteiger partial charge in [0.15, 0.2) is 0 Å². The van der Waals surface area contributed by atoms with E-state index in [2.05, 4.69) is 10.2 Å². The van der Waals surface area contributed by atoms with Crippen molar-refractivity contribution in [1.29, 1.82) is 0 Å². The van der Waals surface area contributed by atoms with E-state index in [1.165, 1.54) is 25.7 Å². The molecule has 1 saturated heterocycles. The molecule has 2 atom stereocenters. The highest BCUT2D eigenvalue weighted by atomic mass is 35.5. The zero-order valence-electron chi connectivity index (χ0n) is 14.0. The fourth-order valence-electron chi connectivity index (χ4n) is 4.10. The Morgan fingerprint density at radius 2 is 1.88 bits per heavy atom. The molecule has 1 aromatic carbocycles. The van der Waals surface area contributed by atoms with Crippen LogP contribution in [0.1, 0.15) is 55.3 Å². The average Bonchev–Trinajstić information content (AvgIpc) is 2.61. The first-order chi connectivity index (χ1) is 11.7. The Balaban J connectivity index is 1.50. The highest BCUT2D eigenvalue weighted by molar-refractivity contribution is 6.33. The van der Waals surface area contributed by atoms with Crippen LogP contribution in [0.25, 0.3) is 0 Å². The number of benzene rings is 1. The summed E-state index contributed by atoms with van der Waals surface area (Å²) in [6.07, 6.45) is 7.67. The number of nitrogens with one attached hydrogen (secondary N) is 1. The van der Waals surface area contributed by atoms with Crippen molar-refractivity contribution in [3.8, 4) is 0 Å². The number of hydrogen-bond donors (Lipinski definition) is 1. The molecule has 1 aliphatic carbocycles. The number of piperidine rings is 1. The predicted octanol–water partition coefficient (Wildman–Crippen LogP) is 3.64. The number of amides is 2. The lowest BCUT2D eigenvalue weighted by Gasteiger charge is -2.44. The predicted molar refractivity (Wildman–Crippen MR) is 95.1 cm³/mol. The van der Waals surface area contributed by atoms with E-state index in [1.54, 1.807) is 24.3 Å². The van der Waals surface area contributed by atoms with Gasteiger partial charge in [-0.2, -0.15) is 0 Å². The number of carbonyl (C=O) groups excluding carboxylic acids is 2. The van der Waals surface area contributed by atoms with Gasteiger partial charge in [0, 0.05) is 25.6 Å². The highest BCUT2D eigenvalue weighted by Gasteiger charge is 2.35. The van der Waals surface area contributed by atoms with Crippen molar-refractivity contribution in [2.75, 3.05) is 13.1 Å². The van der Waals surface area contributed by atoms with Crippen molar-refractivity contribution < 1.29 is 9.59 Å². The second-order valence-corrected chi connectivity index (χ2v) is 7.23. The van der Waals surface area contributed by atoms with E-state index >= 15 is 0 Å². The molecule has 24 heavy (non-hydrogen) atoms. The van der Waals surface area contributed by atoms with Crippen molar-refractivity contribution in [2.45, 2.75) is 51.0 Å². The molecule has 0 unspecified atom stereocenters. The third-order valence-corrected chi connectivity index (χ3v) is 5.64. The fourth-order valence-corrected chi connectivity index (χ4v) is 4.32. The first-order valence-corrected chi connectivity index (χ1v) is 9.37. The molecule has 1 N–H and O–H groups in total. The van der Waals surface area contributed by atoms with Gasteiger partial charge >= 0.3 is 0 Å². The quantitative estimate of drug-likeness (QED) is 0.903. The van der Waals surface area contributed by atoms with Gasteiger partial charge in [-0.15, -0.1) is 0 Å². The summed E-state index contributed by atoms with van der Waals surface area (Å²) >= 11 is 6.02. The molecule has 1 aliphatic heterocycles. The molecule has 1 heterocycles. The number of carbonyl (C=O) groups is 2. The van der Waals surface area contributed by atoms with Crippen molar-refractivity contribution in [3.63, 3.8) is 0 Å². The summed E-state index contributed by atoms with van der Waals surface area (Å²) in [5, 5.41) is 3.24. The smallest absolute Gasteiger partial charge is 0.252 e. The van der Waals surface area contributed by atoms with Gasteiger partial charge in [0.1, 0.15) is 0 Å². The van der Waals surface area contributed by atoms with Crippen LogP contribution in [0.15, 0.2) is 24.3 Å². The molecule has 4 nitrogen and oxygen atoms in total. The minimum atomic E-state index is -0.220. The lowest BCUT2D eigenvalue weighted by atomic mass is 9.78. The van der Waals surface area contributed by atoms with Crippen LogP contribution in [0.3, 0.4) is 0 Å². The lowest BCUT2D eigenvalue weighted by Crippen LogP contribution is -2.50. The highest BCUT2D eigenvalue weighted by Crippen LogP contribution is 2.35. The second kappa shape index (κ2) is 8.02. The third kappa shape index (κ3) is 3.92. The Labute approximate surface area is 148 Å². The van der Waals surface area contributed by atoms with Crippen LogP contribution < -0.4 is 5.32 Å². The molecule has 2 amide bonds. The van der Waals surface area contributed by atoms with E-state index in [1.807, 2.05) is 0 Å². The van der Waals surface area contributed by atoms with Crippen molar-refractivity contribution in [2.24, 2.45) is 5.92 Å². The zero-order chi connectivity index (χ0) is 16.9. The number of fused-ring (bicyclic) bond motifs is 1. The minimum absolute atomic E-state index is 0.172. The van der Waals surface area contributed by atoms with Gasteiger partial charge < -0.3 is 10.2 Å². The molecule has 1 saturated carbocycles. The molecule has 0 spiro atoms. The molecular weight excluding hydrogens is 324 g/mol. The van der Waals surface area contributed by atoms with Gasteiger partial charge in [-0.3, -0.25) is 9.59 Å². The second-order valence-electron chi connectivity index (χ2n) is 6.83. The monoisotopic (exact) mass is 348 g/mol. The summed E-state index contributed by atoms with van der Waals surface area (Å²) in [6, 6.07) is 7.39. The van der Waals surface area contributed by atoms with Crippen LogP contribution in [0.4, 0.5) is 0 Å². The van der Waals surface area contributed by atoms with Crippen LogP contribution in [0, 0.1) is 5.92 Å². The summed E-state index contributed by atoms with van der Waals surface area (Å²) in [5.41, 5.74) is 0.455. The number of halogens is 1. The van der Waals surface area contributed by atoms with Crippen molar-refractivity contribution in [1.82, 2.24) is 10.2 Å². The average molecular weight is 349 g/mol. The SMILES string of the molecule is O=C(NCCC(=O)N1CCC[C@H]2CCCC[C@H]21)c1ccccc1Cl. The molecule has 5 heteroatoms. The van der Waals surface area contributed by atoms with Gasteiger partial charge in [0.2, 0.25) is 5.91 Å². The Hall–Kier alpha value is -1.55. The minimum Gasteiger partial charge on any atom is -0.351 e. The van der Waals surface area contributed by atoms with E-state index in [9.17, 15) is 9.59 Å². The van der Waals surface area contributed by atoms with Gasteiger partial charge in [0.05, 0.1) is 10.6 Å². The normalized spacial score (nSPS) is 23.5. The van der Waals surface area contributed by atoms with Gasteiger partial charge in [-0.05, 0) is 43.7 Å². The largest absolute Gasteiger partial charge is 0.351 e. The zero-order valence-corrected chi connectivity index (χ0v) is 14.7. The maximum absolute atomic E-state index is 12.6. The third-order valence-electron chi connectivity index (χ3n) is 5.31. The van der Waals surface area contributed by atoms with Crippen LogP contribution in [0.2, 0.25) is 5.02 Å². The standard InChI is InChI=1S/C19H25ClN2O2/c20-16-9-3-2-8-15(16)19(24)21-12-11-18(23)22-13-5-7-14-6-1-4-10-17(14)22/h2-3,8-9,14,17H,1,4-7,10-13H2,(H,21,24)/t14-,17-/m1/s1. The Morgan fingerprint density at radius 3 is 2.71 bits per heavy atom. The number of nitrogens with zero attached hydrogens (tertiary/aromatic N) is 1. The van der Waals surface area contributed by atoms with Crippen LogP contribution in [-0.4, -0.2) is 35.8 Å². The molecule has 0 aromatic heterocycles. The molecular formula is C19H25ClN2O2. The summed E-state index contributed by atoms with van der Waals surface area (Å²) in [5.74, 6) is 0.641. The van der Waals surface area contributed by atoms with E-state index < -0.39 is 0 Å². The molecule has 2 aliphatic rings. The fraction of sp³-hybridized carbons (Fsp3) is 0.579. The number of hydrogen-bond acceptors (Lipinski definition) is 2. The van der Waals surface area contributed by atoms with E-state index in [-0.39, 0.29) is 11.8 Å². The summed E-state index contributed by atoms with van der Waals surface area (Å²) in [6.45, 7) is 1.23. The molecule has 3 rings (SSSR count). The molecule has 0 radical (unpaired) electrons. The van der Waals surface area contributed by atoms with Crippen LogP contribution in [0.5, 0.6) is 0 Å². The molecule has 1 aromatic rings. The maximum Gasteiger partial charge on any atom is 0.252 e. The van der Waals surface area contributed by atoms with Gasteiger partial charge in [-0.25, -0.2) is 0 Å². The lowest BCUT2D eigenvalue weighted by molar-refractivity contribution is -0.137. The number of rotatable bonds is 4. The van der Waals surface area contributed by atoms with Gasteiger partial charge in [0.25, 0.3) is 5.91 Å². The van der Waals surface area contributed by atoms with Gasteiger partial charge in [-0.1, -0.05) is 36.6 Å².